The van der Waals surface area contributed by atoms with Gasteiger partial charge in [-0.05, 0) is 35.0 Å². The lowest BCUT2D eigenvalue weighted by atomic mass is 10.3. The normalized spacial score (nSPS) is 17.1. The van der Waals surface area contributed by atoms with Crippen LogP contribution >= 0.6 is 15.9 Å². The molecule has 0 aliphatic carbocycles. The van der Waals surface area contributed by atoms with Crippen LogP contribution in [-0.4, -0.2) is 43.2 Å². The number of benzene rings is 1. The van der Waals surface area contributed by atoms with Crippen molar-refractivity contribution in [3.63, 3.8) is 0 Å². The van der Waals surface area contributed by atoms with E-state index in [-0.39, 0.29) is 5.91 Å². The molecule has 1 amide bonds. The zero-order chi connectivity index (χ0) is 13.8. The van der Waals surface area contributed by atoms with E-state index < -0.39 is 11.9 Å². The van der Waals surface area contributed by atoms with Gasteiger partial charge in [-0.1, -0.05) is 0 Å². The third-order valence-electron chi connectivity index (χ3n) is 2.87. The molecule has 104 valence electrons. The Morgan fingerprint density at radius 2 is 2.16 bits per heavy atom. The summed E-state index contributed by atoms with van der Waals surface area (Å²) in [5.41, 5.74) is 0. The van der Waals surface area contributed by atoms with E-state index in [1.54, 1.807) is 17.9 Å². The molecule has 1 aliphatic heterocycles. The van der Waals surface area contributed by atoms with E-state index in [2.05, 4.69) is 15.9 Å². The maximum absolute atomic E-state index is 13.1. The summed E-state index contributed by atoms with van der Waals surface area (Å²) in [5, 5.41) is 0. The first kappa shape index (κ1) is 14.3. The number of morpholine rings is 1. The molecule has 1 aromatic carbocycles. The number of halogens is 2. The first-order valence-corrected chi connectivity index (χ1v) is 6.85. The second-order valence-electron chi connectivity index (χ2n) is 4.27. The summed E-state index contributed by atoms with van der Waals surface area (Å²) in [6, 6.07) is 4.13. The highest BCUT2D eigenvalue weighted by Crippen LogP contribution is 2.26. The maximum Gasteiger partial charge on any atom is 0.263 e. The van der Waals surface area contributed by atoms with Crippen LogP contribution in [0.4, 0.5) is 4.39 Å². The average Bonchev–Trinajstić information content (AvgIpc) is 2.43. The lowest BCUT2D eigenvalue weighted by Crippen LogP contribution is -2.46. The number of hydrogen-bond acceptors (Lipinski definition) is 3. The van der Waals surface area contributed by atoms with E-state index in [9.17, 15) is 9.18 Å². The summed E-state index contributed by atoms with van der Waals surface area (Å²) in [6.07, 6.45) is -0.656. The lowest BCUT2D eigenvalue weighted by Gasteiger charge is -2.29. The van der Waals surface area contributed by atoms with Gasteiger partial charge in [0.25, 0.3) is 5.91 Å². The first-order valence-electron chi connectivity index (χ1n) is 6.06. The molecule has 1 saturated heterocycles. The Kier molecular flexibility index (Phi) is 4.76. The number of ether oxygens (including phenoxy) is 2. The van der Waals surface area contributed by atoms with E-state index in [0.717, 1.165) is 0 Å². The standard InChI is InChI=1S/C13H15BrFNO3/c1-9(13(17)16-4-6-18-7-5-16)19-12-8-10(15)2-3-11(12)14/h2-3,8-9H,4-7H2,1H3. The Labute approximate surface area is 119 Å². The Bertz CT molecular complexity index is 463. The third-order valence-corrected chi connectivity index (χ3v) is 3.52. The van der Waals surface area contributed by atoms with Crippen molar-refractivity contribution in [2.75, 3.05) is 26.3 Å². The summed E-state index contributed by atoms with van der Waals surface area (Å²) in [7, 11) is 0. The van der Waals surface area contributed by atoms with Gasteiger partial charge in [0.05, 0.1) is 17.7 Å². The molecule has 2 rings (SSSR count). The fourth-order valence-electron chi connectivity index (χ4n) is 1.85. The fraction of sp³-hybridized carbons (Fsp3) is 0.462. The molecule has 0 bridgehead atoms. The molecule has 1 heterocycles. The van der Waals surface area contributed by atoms with Crippen LogP contribution < -0.4 is 4.74 Å². The van der Waals surface area contributed by atoms with Gasteiger partial charge in [0.2, 0.25) is 0 Å². The van der Waals surface area contributed by atoms with Crippen LogP contribution in [0.15, 0.2) is 22.7 Å². The molecule has 4 nitrogen and oxygen atoms in total. The van der Waals surface area contributed by atoms with Gasteiger partial charge in [0.1, 0.15) is 11.6 Å². The van der Waals surface area contributed by atoms with Crippen molar-refractivity contribution >= 4 is 21.8 Å². The Hall–Kier alpha value is -1.14. The van der Waals surface area contributed by atoms with Crippen LogP contribution in [0, 0.1) is 5.82 Å². The highest BCUT2D eigenvalue weighted by Gasteiger charge is 2.24. The van der Waals surface area contributed by atoms with Crippen molar-refractivity contribution < 1.29 is 18.7 Å². The van der Waals surface area contributed by atoms with Gasteiger partial charge in [0.15, 0.2) is 6.10 Å². The van der Waals surface area contributed by atoms with Crippen molar-refractivity contribution in [3.8, 4) is 5.75 Å². The Morgan fingerprint density at radius 3 is 2.84 bits per heavy atom. The maximum atomic E-state index is 13.1. The van der Waals surface area contributed by atoms with Gasteiger partial charge < -0.3 is 14.4 Å². The van der Waals surface area contributed by atoms with Crippen molar-refractivity contribution in [1.82, 2.24) is 4.90 Å². The van der Waals surface area contributed by atoms with Crippen LogP contribution in [0.1, 0.15) is 6.92 Å². The molecule has 6 heteroatoms. The van der Waals surface area contributed by atoms with Crippen molar-refractivity contribution in [2.45, 2.75) is 13.0 Å². The summed E-state index contributed by atoms with van der Waals surface area (Å²) in [4.78, 5) is 13.8. The summed E-state index contributed by atoms with van der Waals surface area (Å²) >= 11 is 3.27. The van der Waals surface area contributed by atoms with Crippen LogP contribution in [-0.2, 0) is 9.53 Å². The molecule has 0 spiro atoms. The molecule has 0 aromatic heterocycles. The minimum absolute atomic E-state index is 0.112. The molecule has 1 aromatic rings. The smallest absolute Gasteiger partial charge is 0.263 e. The predicted molar refractivity (Wildman–Crippen MR) is 71.6 cm³/mol. The van der Waals surface area contributed by atoms with E-state index in [1.807, 2.05) is 0 Å². The van der Waals surface area contributed by atoms with Gasteiger partial charge in [-0.2, -0.15) is 0 Å². The molecule has 1 fully saturated rings. The number of carbonyl (C=O) groups is 1. The predicted octanol–water partition coefficient (Wildman–Crippen LogP) is 2.21. The van der Waals surface area contributed by atoms with Gasteiger partial charge in [-0.3, -0.25) is 4.79 Å². The van der Waals surface area contributed by atoms with Gasteiger partial charge in [-0.15, -0.1) is 0 Å². The van der Waals surface area contributed by atoms with Crippen molar-refractivity contribution in [1.29, 1.82) is 0 Å². The molecule has 0 radical (unpaired) electrons. The molecule has 1 atom stereocenters. The summed E-state index contributed by atoms with van der Waals surface area (Å²) < 4.78 is 24.5. The molecule has 1 unspecified atom stereocenters. The minimum Gasteiger partial charge on any atom is -0.480 e. The fourth-order valence-corrected chi connectivity index (χ4v) is 2.19. The van der Waals surface area contributed by atoms with E-state index in [1.165, 1.54) is 12.1 Å². The van der Waals surface area contributed by atoms with E-state index in [4.69, 9.17) is 9.47 Å². The number of rotatable bonds is 3. The van der Waals surface area contributed by atoms with Crippen molar-refractivity contribution in [2.24, 2.45) is 0 Å². The molecular weight excluding hydrogens is 317 g/mol. The van der Waals surface area contributed by atoms with Gasteiger partial charge in [-0.25, -0.2) is 4.39 Å². The Balaban J connectivity index is 2.01. The van der Waals surface area contributed by atoms with E-state index >= 15 is 0 Å². The number of amides is 1. The highest BCUT2D eigenvalue weighted by molar-refractivity contribution is 9.10. The zero-order valence-electron chi connectivity index (χ0n) is 10.6. The largest absolute Gasteiger partial charge is 0.480 e. The number of carbonyl (C=O) groups excluding carboxylic acids is 1. The zero-order valence-corrected chi connectivity index (χ0v) is 12.2. The van der Waals surface area contributed by atoms with Gasteiger partial charge >= 0.3 is 0 Å². The lowest BCUT2D eigenvalue weighted by molar-refractivity contribution is -0.142. The molecular formula is C13H15BrFNO3. The molecule has 0 N–H and O–H groups in total. The molecule has 1 aliphatic rings. The van der Waals surface area contributed by atoms with Crippen molar-refractivity contribution in [3.05, 3.63) is 28.5 Å². The van der Waals surface area contributed by atoms with Crippen LogP contribution in [0.2, 0.25) is 0 Å². The quantitative estimate of drug-likeness (QED) is 0.852. The summed E-state index contributed by atoms with van der Waals surface area (Å²) in [6.45, 7) is 3.88. The summed E-state index contributed by atoms with van der Waals surface area (Å²) in [5.74, 6) is -0.183. The first-order chi connectivity index (χ1) is 9.08. The molecule has 19 heavy (non-hydrogen) atoms. The van der Waals surface area contributed by atoms with E-state index in [0.29, 0.717) is 36.5 Å². The van der Waals surface area contributed by atoms with Crippen LogP contribution in [0.25, 0.3) is 0 Å². The van der Waals surface area contributed by atoms with Crippen LogP contribution in [0.3, 0.4) is 0 Å². The topological polar surface area (TPSA) is 38.8 Å². The number of nitrogens with zero attached hydrogens (tertiary/aromatic N) is 1. The second kappa shape index (κ2) is 6.34. The highest BCUT2D eigenvalue weighted by atomic mass is 79.9. The van der Waals surface area contributed by atoms with Crippen LogP contribution in [0.5, 0.6) is 5.75 Å². The molecule has 0 saturated carbocycles. The Morgan fingerprint density at radius 1 is 1.47 bits per heavy atom. The second-order valence-corrected chi connectivity index (χ2v) is 5.13. The SMILES string of the molecule is CC(Oc1cc(F)ccc1Br)C(=O)N1CCOCC1. The number of hydrogen-bond donors (Lipinski definition) is 0. The minimum atomic E-state index is -0.656. The average molecular weight is 332 g/mol. The van der Waals surface area contributed by atoms with Gasteiger partial charge in [0, 0.05) is 19.2 Å². The monoisotopic (exact) mass is 331 g/mol. The third kappa shape index (κ3) is 3.67.